The number of benzene rings is 1. The number of nitrogens with zero attached hydrogens (tertiary/aromatic N) is 2. The van der Waals surface area contributed by atoms with Crippen LogP contribution >= 0.6 is 0 Å². The first kappa shape index (κ1) is 17.8. The highest BCUT2D eigenvalue weighted by molar-refractivity contribution is 5.86. The van der Waals surface area contributed by atoms with Crippen molar-refractivity contribution in [3.63, 3.8) is 0 Å². The second-order valence-corrected chi connectivity index (χ2v) is 6.91. The molecule has 1 unspecified atom stereocenters. The molecule has 1 aromatic rings. The largest absolute Gasteiger partial charge is 0.444 e. The highest BCUT2D eigenvalue weighted by Gasteiger charge is 2.31. The number of hydrogen-bond donors (Lipinski definition) is 1. The van der Waals surface area contributed by atoms with E-state index < -0.39 is 17.7 Å². The van der Waals surface area contributed by atoms with Gasteiger partial charge in [-0.05, 0) is 51.3 Å². The number of nitrogens with one attached hydrogen (secondary N) is 1. The Morgan fingerprint density at radius 1 is 1.46 bits per heavy atom. The smallest absolute Gasteiger partial charge is 0.408 e. The van der Waals surface area contributed by atoms with Gasteiger partial charge < -0.3 is 15.0 Å². The third-order valence-corrected chi connectivity index (χ3v) is 3.65. The fraction of sp³-hybridized carbons (Fsp3) is 0.500. The van der Waals surface area contributed by atoms with Crippen molar-refractivity contribution in [3.8, 4) is 6.07 Å². The van der Waals surface area contributed by atoms with Gasteiger partial charge in [0.15, 0.2) is 0 Å². The monoisotopic (exact) mass is 329 g/mol. The Labute approximate surface area is 142 Å². The van der Waals surface area contributed by atoms with Crippen molar-refractivity contribution in [2.75, 3.05) is 6.54 Å². The van der Waals surface area contributed by atoms with E-state index in [-0.39, 0.29) is 5.91 Å². The number of carbonyl (C=O) groups is 2. The summed E-state index contributed by atoms with van der Waals surface area (Å²) in [7, 11) is 0. The molecular weight excluding hydrogens is 306 g/mol. The van der Waals surface area contributed by atoms with E-state index in [1.54, 1.807) is 43.9 Å². The van der Waals surface area contributed by atoms with Gasteiger partial charge in [0.1, 0.15) is 11.6 Å². The molecular formula is C18H23N3O3. The second kappa shape index (κ2) is 7.35. The Kier molecular flexibility index (Phi) is 5.45. The first-order chi connectivity index (χ1) is 11.3. The van der Waals surface area contributed by atoms with Gasteiger partial charge in [0, 0.05) is 13.1 Å². The van der Waals surface area contributed by atoms with Gasteiger partial charge in [-0.15, -0.1) is 0 Å². The molecule has 1 aliphatic rings. The van der Waals surface area contributed by atoms with Crippen molar-refractivity contribution < 1.29 is 14.3 Å². The SMILES string of the molecule is CC(C)(C)OC(=O)NC1CCCN(Cc2cccc(C#N)c2)C1=O. The van der Waals surface area contributed by atoms with Crippen LogP contribution in [0.5, 0.6) is 0 Å². The molecule has 0 spiro atoms. The van der Waals surface area contributed by atoms with E-state index >= 15 is 0 Å². The number of amides is 2. The lowest BCUT2D eigenvalue weighted by molar-refractivity contribution is -0.136. The molecule has 24 heavy (non-hydrogen) atoms. The number of piperidine rings is 1. The van der Waals surface area contributed by atoms with E-state index in [2.05, 4.69) is 11.4 Å². The highest BCUT2D eigenvalue weighted by Crippen LogP contribution is 2.17. The van der Waals surface area contributed by atoms with E-state index in [9.17, 15) is 9.59 Å². The third-order valence-electron chi connectivity index (χ3n) is 3.65. The van der Waals surface area contributed by atoms with Crippen molar-refractivity contribution in [1.82, 2.24) is 10.2 Å². The van der Waals surface area contributed by atoms with Gasteiger partial charge in [-0.2, -0.15) is 5.26 Å². The van der Waals surface area contributed by atoms with Crippen LogP contribution in [0.15, 0.2) is 24.3 Å². The van der Waals surface area contributed by atoms with Crippen LogP contribution in [0.3, 0.4) is 0 Å². The van der Waals surface area contributed by atoms with E-state index in [1.807, 2.05) is 6.07 Å². The number of hydrogen-bond acceptors (Lipinski definition) is 4. The third kappa shape index (κ3) is 4.98. The lowest BCUT2D eigenvalue weighted by atomic mass is 10.0. The van der Waals surface area contributed by atoms with Crippen LogP contribution in [0.25, 0.3) is 0 Å². The topological polar surface area (TPSA) is 82.4 Å². The van der Waals surface area contributed by atoms with Crippen LogP contribution in [0.4, 0.5) is 4.79 Å². The molecule has 0 aromatic heterocycles. The van der Waals surface area contributed by atoms with Gasteiger partial charge >= 0.3 is 6.09 Å². The van der Waals surface area contributed by atoms with Gasteiger partial charge in [-0.3, -0.25) is 4.79 Å². The van der Waals surface area contributed by atoms with E-state index in [1.165, 1.54) is 0 Å². The average Bonchev–Trinajstić information content (AvgIpc) is 2.49. The molecule has 128 valence electrons. The maximum absolute atomic E-state index is 12.6. The zero-order valence-corrected chi connectivity index (χ0v) is 14.3. The Balaban J connectivity index is 1.99. The molecule has 1 heterocycles. The fourth-order valence-corrected chi connectivity index (χ4v) is 2.64. The predicted octanol–water partition coefficient (Wildman–Crippen LogP) is 2.57. The fourth-order valence-electron chi connectivity index (χ4n) is 2.64. The van der Waals surface area contributed by atoms with Crippen molar-refractivity contribution >= 4 is 12.0 Å². The molecule has 0 bridgehead atoms. The van der Waals surface area contributed by atoms with Gasteiger partial charge in [-0.1, -0.05) is 12.1 Å². The minimum absolute atomic E-state index is 0.116. The molecule has 0 radical (unpaired) electrons. The van der Waals surface area contributed by atoms with Crippen molar-refractivity contribution in [2.45, 2.75) is 51.8 Å². The zero-order valence-electron chi connectivity index (χ0n) is 14.3. The van der Waals surface area contributed by atoms with Crippen LogP contribution in [0, 0.1) is 11.3 Å². The molecule has 1 saturated heterocycles. The maximum Gasteiger partial charge on any atom is 0.408 e. The molecule has 0 saturated carbocycles. The predicted molar refractivity (Wildman–Crippen MR) is 89.0 cm³/mol. The summed E-state index contributed by atoms with van der Waals surface area (Å²) in [5, 5.41) is 11.6. The van der Waals surface area contributed by atoms with Crippen molar-refractivity contribution in [2.24, 2.45) is 0 Å². The van der Waals surface area contributed by atoms with Gasteiger partial charge in [0.05, 0.1) is 11.6 Å². The molecule has 6 nitrogen and oxygen atoms in total. The molecule has 1 fully saturated rings. The van der Waals surface area contributed by atoms with Crippen LogP contribution in [0.2, 0.25) is 0 Å². The summed E-state index contributed by atoms with van der Waals surface area (Å²) in [6.07, 6.45) is 0.839. The van der Waals surface area contributed by atoms with Gasteiger partial charge in [0.25, 0.3) is 0 Å². The molecule has 1 N–H and O–H groups in total. The quantitative estimate of drug-likeness (QED) is 0.924. The molecule has 1 atom stereocenters. The average molecular weight is 329 g/mol. The number of ether oxygens (including phenoxy) is 1. The van der Waals surface area contributed by atoms with Crippen molar-refractivity contribution in [1.29, 1.82) is 5.26 Å². The summed E-state index contributed by atoms with van der Waals surface area (Å²) in [4.78, 5) is 26.2. The van der Waals surface area contributed by atoms with Crippen LogP contribution in [-0.4, -0.2) is 35.1 Å². The standard InChI is InChI=1S/C18H23N3O3/c1-18(2,3)24-17(23)20-15-8-5-9-21(16(15)22)12-14-7-4-6-13(10-14)11-19/h4,6-7,10,15H,5,8-9,12H2,1-3H3,(H,20,23). The molecule has 1 aliphatic heterocycles. The molecule has 0 aliphatic carbocycles. The summed E-state index contributed by atoms with van der Waals surface area (Å²) >= 11 is 0. The van der Waals surface area contributed by atoms with Crippen LogP contribution in [-0.2, 0) is 16.1 Å². The van der Waals surface area contributed by atoms with Crippen molar-refractivity contribution in [3.05, 3.63) is 35.4 Å². The number of carbonyl (C=O) groups excluding carboxylic acids is 2. The maximum atomic E-state index is 12.6. The Hall–Kier alpha value is -2.55. The zero-order chi connectivity index (χ0) is 17.7. The van der Waals surface area contributed by atoms with Gasteiger partial charge in [0.2, 0.25) is 5.91 Å². The lowest BCUT2D eigenvalue weighted by Gasteiger charge is -2.33. The summed E-state index contributed by atoms with van der Waals surface area (Å²) in [5.74, 6) is -0.116. The molecule has 2 rings (SSSR count). The highest BCUT2D eigenvalue weighted by atomic mass is 16.6. The van der Waals surface area contributed by atoms with E-state index in [0.717, 1.165) is 12.0 Å². The summed E-state index contributed by atoms with van der Waals surface area (Å²) in [6.45, 7) is 6.42. The Bertz CT molecular complexity index is 658. The minimum Gasteiger partial charge on any atom is -0.444 e. The first-order valence-electron chi connectivity index (χ1n) is 8.06. The lowest BCUT2D eigenvalue weighted by Crippen LogP contribution is -2.52. The molecule has 6 heteroatoms. The molecule has 1 aromatic carbocycles. The van der Waals surface area contributed by atoms with E-state index in [0.29, 0.717) is 25.1 Å². The number of likely N-dealkylation sites (tertiary alicyclic amines) is 1. The minimum atomic E-state index is -0.598. The Morgan fingerprint density at radius 2 is 2.21 bits per heavy atom. The summed E-state index contributed by atoms with van der Waals surface area (Å²) in [5.41, 5.74) is 0.875. The van der Waals surface area contributed by atoms with Crippen LogP contribution in [0.1, 0.15) is 44.7 Å². The first-order valence-corrected chi connectivity index (χ1v) is 8.06. The summed E-state index contributed by atoms with van der Waals surface area (Å²) < 4.78 is 5.22. The van der Waals surface area contributed by atoms with Crippen LogP contribution < -0.4 is 5.32 Å². The second-order valence-electron chi connectivity index (χ2n) is 6.91. The van der Waals surface area contributed by atoms with E-state index in [4.69, 9.17) is 10.00 Å². The Morgan fingerprint density at radius 3 is 2.88 bits per heavy atom. The number of rotatable bonds is 3. The number of nitriles is 1. The van der Waals surface area contributed by atoms with Gasteiger partial charge in [-0.25, -0.2) is 4.79 Å². The normalized spacial score (nSPS) is 18.0. The number of alkyl carbamates (subject to hydrolysis) is 1. The molecule has 2 amide bonds. The summed E-state index contributed by atoms with van der Waals surface area (Å²) in [6, 6.07) is 8.73.